The molecule has 19 heavy (non-hydrogen) atoms. The Labute approximate surface area is 114 Å². The van der Waals surface area contributed by atoms with Crippen molar-refractivity contribution in [2.24, 2.45) is 11.3 Å². The number of carbonyl (C=O) groups is 2. The number of esters is 1. The lowest BCUT2D eigenvalue weighted by Crippen LogP contribution is -2.36. The first-order valence-electron chi connectivity index (χ1n) is 6.76. The van der Waals surface area contributed by atoms with Gasteiger partial charge in [0.2, 0.25) is 0 Å². The maximum absolute atomic E-state index is 11.8. The van der Waals surface area contributed by atoms with Crippen molar-refractivity contribution >= 4 is 11.8 Å². The summed E-state index contributed by atoms with van der Waals surface area (Å²) < 4.78 is 10.9. The molecule has 1 heterocycles. The Morgan fingerprint density at radius 3 is 2.63 bits per heavy atom. The molecule has 0 saturated carbocycles. The Morgan fingerprint density at radius 2 is 2.16 bits per heavy atom. The Morgan fingerprint density at radius 1 is 1.53 bits per heavy atom. The Kier molecular flexibility index (Phi) is 3.56. The largest absolute Gasteiger partial charge is 0.462 e. The van der Waals surface area contributed by atoms with Crippen molar-refractivity contribution in [1.29, 1.82) is 0 Å². The third-order valence-electron chi connectivity index (χ3n) is 3.90. The van der Waals surface area contributed by atoms with Crippen LogP contribution in [0.5, 0.6) is 0 Å². The Balaban J connectivity index is 1.94. The molecule has 1 unspecified atom stereocenters. The molecule has 4 nitrogen and oxygen atoms in total. The molecule has 2 rings (SSSR count). The van der Waals surface area contributed by atoms with Crippen molar-refractivity contribution in [3.63, 3.8) is 0 Å². The summed E-state index contributed by atoms with van der Waals surface area (Å²) in [5.74, 6) is 0.0842. The standard InChI is InChI=1S/C15H22O4/c1-10-5-6-11(7-12(10)16)15(9-19-15)8-18-13(17)14(2,3)4/h5,11H,6-9H2,1-4H3/t11-,15?/m0/s1. The van der Waals surface area contributed by atoms with Crippen LogP contribution < -0.4 is 0 Å². The maximum atomic E-state index is 11.8. The lowest BCUT2D eigenvalue weighted by molar-refractivity contribution is -0.155. The molecule has 0 spiro atoms. The molecule has 1 fully saturated rings. The number of hydrogen-bond donors (Lipinski definition) is 0. The van der Waals surface area contributed by atoms with Gasteiger partial charge in [-0.2, -0.15) is 0 Å². The van der Waals surface area contributed by atoms with Gasteiger partial charge in [-0.1, -0.05) is 6.08 Å². The molecule has 0 N–H and O–H groups in total. The Bertz CT molecular complexity index is 424. The maximum Gasteiger partial charge on any atom is 0.311 e. The van der Waals surface area contributed by atoms with Crippen LogP contribution in [0.4, 0.5) is 0 Å². The van der Waals surface area contributed by atoms with Gasteiger partial charge in [-0.3, -0.25) is 9.59 Å². The monoisotopic (exact) mass is 266 g/mol. The molecule has 2 aliphatic rings. The molecule has 4 heteroatoms. The third-order valence-corrected chi connectivity index (χ3v) is 3.90. The highest BCUT2D eigenvalue weighted by Crippen LogP contribution is 2.42. The average molecular weight is 266 g/mol. The van der Waals surface area contributed by atoms with Crippen LogP contribution in [-0.4, -0.2) is 30.6 Å². The van der Waals surface area contributed by atoms with Crippen molar-refractivity contribution < 1.29 is 19.1 Å². The van der Waals surface area contributed by atoms with Crippen LogP contribution in [-0.2, 0) is 19.1 Å². The van der Waals surface area contributed by atoms with Gasteiger partial charge in [0.1, 0.15) is 12.2 Å². The van der Waals surface area contributed by atoms with E-state index in [1.54, 1.807) is 0 Å². The average Bonchev–Trinajstić information content (AvgIpc) is 3.09. The zero-order valence-corrected chi connectivity index (χ0v) is 12.1. The van der Waals surface area contributed by atoms with Gasteiger partial charge < -0.3 is 9.47 Å². The zero-order chi connectivity index (χ0) is 14.3. The molecule has 1 aliphatic carbocycles. The number of hydrogen-bond acceptors (Lipinski definition) is 4. The summed E-state index contributed by atoms with van der Waals surface area (Å²) in [6.07, 6.45) is 3.28. The highest BCUT2D eigenvalue weighted by molar-refractivity contribution is 5.95. The second kappa shape index (κ2) is 4.75. The molecule has 0 aromatic heterocycles. The molecule has 0 radical (unpaired) electrons. The van der Waals surface area contributed by atoms with Crippen molar-refractivity contribution in [2.75, 3.05) is 13.2 Å². The summed E-state index contributed by atoms with van der Waals surface area (Å²) in [6.45, 7) is 8.16. The number of rotatable bonds is 3. The minimum absolute atomic E-state index is 0.136. The topological polar surface area (TPSA) is 55.9 Å². The molecule has 0 bridgehead atoms. The fourth-order valence-corrected chi connectivity index (χ4v) is 2.24. The number of Topliss-reactive ketones (excluding diaryl/α,β-unsaturated/α-hetero) is 1. The molecule has 0 amide bonds. The fourth-order valence-electron chi connectivity index (χ4n) is 2.24. The van der Waals surface area contributed by atoms with Gasteiger partial charge in [0.15, 0.2) is 5.78 Å². The highest BCUT2D eigenvalue weighted by atomic mass is 16.6. The fraction of sp³-hybridized carbons (Fsp3) is 0.733. The van der Waals surface area contributed by atoms with E-state index in [9.17, 15) is 9.59 Å². The number of ether oxygens (including phenoxy) is 2. The number of carbonyl (C=O) groups excluding carboxylic acids is 2. The first-order chi connectivity index (χ1) is 8.74. The predicted molar refractivity (Wildman–Crippen MR) is 70.6 cm³/mol. The van der Waals surface area contributed by atoms with E-state index in [0.29, 0.717) is 13.0 Å². The van der Waals surface area contributed by atoms with Gasteiger partial charge in [0.05, 0.1) is 12.0 Å². The summed E-state index contributed by atoms with van der Waals surface area (Å²) in [5.41, 5.74) is -0.0957. The van der Waals surface area contributed by atoms with E-state index in [4.69, 9.17) is 9.47 Å². The van der Waals surface area contributed by atoms with Crippen LogP contribution in [0, 0.1) is 11.3 Å². The first-order valence-corrected chi connectivity index (χ1v) is 6.76. The van der Waals surface area contributed by atoms with Crippen molar-refractivity contribution in [1.82, 2.24) is 0 Å². The van der Waals surface area contributed by atoms with Crippen LogP contribution in [0.25, 0.3) is 0 Å². The van der Waals surface area contributed by atoms with E-state index in [1.165, 1.54) is 0 Å². The molecule has 106 valence electrons. The van der Waals surface area contributed by atoms with Crippen LogP contribution in [0.15, 0.2) is 11.6 Å². The van der Waals surface area contributed by atoms with Gasteiger partial charge in [0, 0.05) is 12.3 Å². The molecule has 0 aromatic rings. The van der Waals surface area contributed by atoms with Gasteiger partial charge in [-0.15, -0.1) is 0 Å². The van der Waals surface area contributed by atoms with E-state index >= 15 is 0 Å². The molecule has 1 aliphatic heterocycles. The van der Waals surface area contributed by atoms with E-state index in [-0.39, 0.29) is 24.3 Å². The normalized spacial score (nSPS) is 30.8. The second-order valence-corrected chi connectivity index (χ2v) is 6.63. The van der Waals surface area contributed by atoms with Gasteiger partial charge in [-0.25, -0.2) is 0 Å². The minimum Gasteiger partial charge on any atom is -0.462 e. The molecular formula is C15H22O4. The van der Waals surface area contributed by atoms with Gasteiger partial charge in [-0.05, 0) is 39.7 Å². The minimum atomic E-state index is -0.505. The van der Waals surface area contributed by atoms with E-state index in [2.05, 4.69) is 0 Å². The summed E-state index contributed by atoms with van der Waals surface area (Å²) in [7, 11) is 0. The smallest absolute Gasteiger partial charge is 0.311 e. The van der Waals surface area contributed by atoms with Crippen molar-refractivity contribution in [3.05, 3.63) is 11.6 Å². The van der Waals surface area contributed by atoms with Crippen LogP contribution in [0.3, 0.4) is 0 Å². The van der Waals surface area contributed by atoms with Crippen LogP contribution >= 0.6 is 0 Å². The Hall–Kier alpha value is -1.16. The number of allylic oxidation sites excluding steroid dienone is 2. The van der Waals surface area contributed by atoms with Crippen molar-refractivity contribution in [3.8, 4) is 0 Å². The summed E-state index contributed by atoms with van der Waals surface area (Å²) in [6, 6.07) is 0. The SMILES string of the molecule is CC1=CC[C@H](C2(COC(=O)C(C)(C)C)CO2)CC1=O. The summed E-state index contributed by atoms with van der Waals surface area (Å²) in [5, 5.41) is 0. The zero-order valence-electron chi connectivity index (χ0n) is 12.1. The lowest BCUT2D eigenvalue weighted by atomic mass is 9.80. The van der Waals surface area contributed by atoms with E-state index in [1.807, 2.05) is 33.8 Å². The quantitative estimate of drug-likeness (QED) is 0.581. The highest BCUT2D eigenvalue weighted by Gasteiger charge is 2.53. The van der Waals surface area contributed by atoms with E-state index in [0.717, 1.165) is 12.0 Å². The second-order valence-electron chi connectivity index (χ2n) is 6.63. The predicted octanol–water partition coefficient (Wildman–Crippen LogP) is 2.27. The van der Waals surface area contributed by atoms with Gasteiger partial charge >= 0.3 is 5.97 Å². The number of ketones is 1. The molecule has 1 saturated heterocycles. The van der Waals surface area contributed by atoms with E-state index < -0.39 is 11.0 Å². The summed E-state index contributed by atoms with van der Waals surface area (Å²) in [4.78, 5) is 23.5. The van der Waals surface area contributed by atoms with Crippen molar-refractivity contribution in [2.45, 2.75) is 46.1 Å². The molecule has 2 atom stereocenters. The first kappa shape index (κ1) is 14.3. The van der Waals surface area contributed by atoms with Crippen LogP contribution in [0.2, 0.25) is 0 Å². The molecular weight excluding hydrogens is 244 g/mol. The molecule has 0 aromatic carbocycles. The third kappa shape index (κ3) is 3.06. The number of epoxide rings is 1. The summed E-state index contributed by atoms with van der Waals surface area (Å²) >= 11 is 0. The lowest BCUT2D eigenvalue weighted by Gasteiger charge is -2.26. The van der Waals surface area contributed by atoms with Gasteiger partial charge in [0.25, 0.3) is 0 Å². The van der Waals surface area contributed by atoms with Crippen LogP contribution in [0.1, 0.15) is 40.5 Å².